The van der Waals surface area contributed by atoms with Gasteiger partial charge in [-0.05, 0) is 34.4 Å². The summed E-state index contributed by atoms with van der Waals surface area (Å²) in [5, 5.41) is 11.5. The van der Waals surface area contributed by atoms with Crippen molar-refractivity contribution in [1.82, 2.24) is 0 Å². The van der Waals surface area contributed by atoms with E-state index in [0.717, 1.165) is 12.0 Å². The molecule has 1 N–H and O–H groups in total. The van der Waals surface area contributed by atoms with Crippen LogP contribution in [0.5, 0.6) is 0 Å². The van der Waals surface area contributed by atoms with Crippen molar-refractivity contribution in [2.24, 2.45) is 0 Å². The molecule has 0 aliphatic rings. The van der Waals surface area contributed by atoms with Crippen LogP contribution in [0.1, 0.15) is 18.1 Å². The van der Waals surface area contributed by atoms with Gasteiger partial charge in [-0.1, -0.05) is 37.3 Å². The van der Waals surface area contributed by atoms with E-state index in [4.69, 9.17) is 5.11 Å². The molecule has 0 unspecified atom stereocenters. The first kappa shape index (κ1) is 9.22. The van der Waals surface area contributed by atoms with Crippen molar-refractivity contribution < 1.29 is 5.11 Å². The molecule has 0 fully saturated rings. The summed E-state index contributed by atoms with van der Waals surface area (Å²) in [5.41, 5.74) is 2.32. The highest BCUT2D eigenvalue weighted by Gasteiger charge is 1.96. The van der Waals surface area contributed by atoms with Gasteiger partial charge in [0.15, 0.2) is 0 Å². The zero-order chi connectivity index (χ0) is 9.97. The first-order chi connectivity index (χ1) is 6.83. The second kappa shape index (κ2) is 3.81. The number of rotatable bonds is 2. The molecule has 0 saturated carbocycles. The Morgan fingerprint density at radius 2 is 1.57 bits per heavy atom. The van der Waals surface area contributed by atoms with E-state index in [1.807, 2.05) is 6.07 Å². The molecule has 0 aliphatic carbocycles. The molecule has 1 nitrogen and oxygen atoms in total. The Bertz CT molecular complexity index is 407. The molecule has 0 aliphatic heterocycles. The van der Waals surface area contributed by atoms with Gasteiger partial charge in [0.25, 0.3) is 0 Å². The van der Waals surface area contributed by atoms with Crippen LogP contribution in [0.4, 0.5) is 0 Å². The van der Waals surface area contributed by atoms with E-state index in [0.29, 0.717) is 0 Å². The highest BCUT2D eigenvalue weighted by Crippen LogP contribution is 2.18. The minimum atomic E-state index is 0.117. The molecule has 2 aromatic rings. The third-order valence-corrected chi connectivity index (χ3v) is 2.56. The van der Waals surface area contributed by atoms with Crippen LogP contribution in [0, 0.1) is 0 Å². The second-order valence-corrected chi connectivity index (χ2v) is 3.53. The lowest BCUT2D eigenvalue weighted by Gasteiger charge is -2.03. The van der Waals surface area contributed by atoms with Crippen LogP contribution in [0.25, 0.3) is 10.8 Å². The van der Waals surface area contributed by atoms with Crippen molar-refractivity contribution in [2.75, 3.05) is 0 Å². The first-order valence-corrected chi connectivity index (χ1v) is 4.96. The molecule has 0 aromatic heterocycles. The fourth-order valence-electron chi connectivity index (χ4n) is 1.66. The van der Waals surface area contributed by atoms with Gasteiger partial charge in [-0.3, -0.25) is 0 Å². The van der Waals surface area contributed by atoms with Gasteiger partial charge in [0.05, 0.1) is 6.61 Å². The molecule has 1 heteroatoms. The standard InChI is InChI=1S/C13H14O/c1-2-10-3-5-12-6-4-11(9-14)8-13(12)7-10/h3-8,14H,2,9H2,1H3. The highest BCUT2D eigenvalue weighted by molar-refractivity contribution is 5.83. The summed E-state index contributed by atoms with van der Waals surface area (Å²) in [4.78, 5) is 0. The van der Waals surface area contributed by atoms with Crippen LogP contribution in [0.2, 0.25) is 0 Å². The molecular formula is C13H14O. The summed E-state index contributed by atoms with van der Waals surface area (Å²) < 4.78 is 0. The smallest absolute Gasteiger partial charge is 0.0682 e. The molecule has 0 heterocycles. The summed E-state index contributed by atoms with van der Waals surface area (Å²) in [5.74, 6) is 0. The number of benzene rings is 2. The Balaban J connectivity index is 2.60. The maximum atomic E-state index is 9.02. The number of aliphatic hydroxyl groups excluding tert-OH is 1. The molecule has 0 bridgehead atoms. The zero-order valence-electron chi connectivity index (χ0n) is 8.33. The summed E-state index contributed by atoms with van der Waals surface area (Å²) >= 11 is 0. The molecule has 0 amide bonds. The average Bonchev–Trinajstić information content (AvgIpc) is 2.27. The van der Waals surface area contributed by atoms with Crippen molar-refractivity contribution in [2.45, 2.75) is 20.0 Å². The third kappa shape index (κ3) is 1.64. The summed E-state index contributed by atoms with van der Waals surface area (Å²) in [6.45, 7) is 2.27. The van der Waals surface area contributed by atoms with E-state index < -0.39 is 0 Å². The van der Waals surface area contributed by atoms with Crippen LogP contribution in [0.3, 0.4) is 0 Å². The van der Waals surface area contributed by atoms with Gasteiger partial charge in [-0.2, -0.15) is 0 Å². The van der Waals surface area contributed by atoms with Gasteiger partial charge in [-0.15, -0.1) is 0 Å². The van der Waals surface area contributed by atoms with Crippen LogP contribution in [0.15, 0.2) is 36.4 Å². The SMILES string of the molecule is CCc1ccc2ccc(CO)cc2c1. The Hall–Kier alpha value is -1.34. The maximum absolute atomic E-state index is 9.02. The predicted octanol–water partition coefficient (Wildman–Crippen LogP) is 2.89. The van der Waals surface area contributed by atoms with E-state index in [-0.39, 0.29) is 6.61 Å². The Labute approximate surface area is 84.0 Å². The number of aliphatic hydroxyl groups is 1. The molecule has 0 spiro atoms. The van der Waals surface area contributed by atoms with Gasteiger partial charge >= 0.3 is 0 Å². The molecule has 0 radical (unpaired) electrons. The quantitative estimate of drug-likeness (QED) is 0.764. The van der Waals surface area contributed by atoms with E-state index in [1.54, 1.807) is 0 Å². The number of aryl methyl sites for hydroxylation is 1. The van der Waals surface area contributed by atoms with Gasteiger partial charge in [0.1, 0.15) is 0 Å². The van der Waals surface area contributed by atoms with E-state index in [9.17, 15) is 0 Å². The lowest BCUT2D eigenvalue weighted by molar-refractivity contribution is 0.282. The van der Waals surface area contributed by atoms with Crippen molar-refractivity contribution in [3.63, 3.8) is 0 Å². The zero-order valence-corrected chi connectivity index (χ0v) is 8.33. The lowest BCUT2D eigenvalue weighted by atomic mass is 10.0. The summed E-state index contributed by atoms with van der Waals surface area (Å²) in [6, 6.07) is 12.5. The molecular weight excluding hydrogens is 172 g/mol. The van der Waals surface area contributed by atoms with Crippen LogP contribution in [-0.4, -0.2) is 5.11 Å². The molecule has 14 heavy (non-hydrogen) atoms. The Morgan fingerprint density at radius 3 is 2.21 bits per heavy atom. The monoisotopic (exact) mass is 186 g/mol. The number of fused-ring (bicyclic) bond motifs is 1. The fourth-order valence-corrected chi connectivity index (χ4v) is 1.66. The van der Waals surface area contributed by atoms with E-state index in [1.165, 1.54) is 16.3 Å². The van der Waals surface area contributed by atoms with Crippen molar-refractivity contribution in [3.8, 4) is 0 Å². The number of hydrogen-bond donors (Lipinski definition) is 1. The van der Waals surface area contributed by atoms with Gasteiger partial charge in [0, 0.05) is 0 Å². The van der Waals surface area contributed by atoms with Crippen LogP contribution in [-0.2, 0) is 13.0 Å². The van der Waals surface area contributed by atoms with Crippen molar-refractivity contribution >= 4 is 10.8 Å². The minimum absolute atomic E-state index is 0.117. The Morgan fingerprint density at radius 1 is 0.929 bits per heavy atom. The van der Waals surface area contributed by atoms with Gasteiger partial charge < -0.3 is 5.11 Å². The minimum Gasteiger partial charge on any atom is -0.392 e. The predicted molar refractivity (Wildman–Crippen MR) is 59.2 cm³/mol. The normalized spacial score (nSPS) is 10.7. The molecule has 72 valence electrons. The molecule has 0 saturated heterocycles. The maximum Gasteiger partial charge on any atom is 0.0682 e. The van der Waals surface area contributed by atoms with E-state index >= 15 is 0 Å². The molecule has 2 aromatic carbocycles. The largest absolute Gasteiger partial charge is 0.392 e. The summed E-state index contributed by atoms with van der Waals surface area (Å²) in [6.07, 6.45) is 1.05. The topological polar surface area (TPSA) is 20.2 Å². The first-order valence-electron chi connectivity index (χ1n) is 4.96. The molecule has 0 atom stereocenters. The third-order valence-electron chi connectivity index (χ3n) is 2.56. The lowest BCUT2D eigenvalue weighted by Crippen LogP contribution is -1.84. The number of hydrogen-bond acceptors (Lipinski definition) is 1. The van der Waals surface area contributed by atoms with Crippen molar-refractivity contribution in [1.29, 1.82) is 0 Å². The van der Waals surface area contributed by atoms with Gasteiger partial charge in [0.2, 0.25) is 0 Å². The van der Waals surface area contributed by atoms with Crippen LogP contribution < -0.4 is 0 Å². The van der Waals surface area contributed by atoms with Crippen LogP contribution >= 0.6 is 0 Å². The van der Waals surface area contributed by atoms with Crippen molar-refractivity contribution in [3.05, 3.63) is 47.5 Å². The Kier molecular flexibility index (Phi) is 2.51. The van der Waals surface area contributed by atoms with E-state index in [2.05, 4.69) is 37.3 Å². The average molecular weight is 186 g/mol. The summed E-state index contributed by atoms with van der Waals surface area (Å²) in [7, 11) is 0. The fraction of sp³-hybridized carbons (Fsp3) is 0.231. The second-order valence-electron chi connectivity index (χ2n) is 3.53. The van der Waals surface area contributed by atoms with Gasteiger partial charge in [-0.25, -0.2) is 0 Å². The highest BCUT2D eigenvalue weighted by atomic mass is 16.3. The molecule has 2 rings (SSSR count).